The van der Waals surface area contributed by atoms with Crippen LogP contribution in [0.1, 0.15) is 45.5 Å². The van der Waals surface area contributed by atoms with Crippen LogP contribution in [0.5, 0.6) is 0 Å². The first-order valence-electron chi connectivity index (χ1n) is 12.0. The van der Waals surface area contributed by atoms with Crippen LogP contribution in [0, 0.1) is 0 Å². The van der Waals surface area contributed by atoms with Crippen molar-refractivity contribution in [1.29, 1.82) is 0 Å². The van der Waals surface area contributed by atoms with E-state index in [9.17, 15) is 18.0 Å². The number of aldehydes is 1. The highest BCUT2D eigenvalue weighted by Gasteiger charge is 2.31. The molecule has 0 radical (unpaired) electrons. The topological polar surface area (TPSA) is 25.2 Å². The predicted molar refractivity (Wildman–Crippen MR) is 132 cm³/mol. The van der Waals surface area contributed by atoms with E-state index in [1.54, 1.807) is 6.07 Å². The third-order valence-corrected chi connectivity index (χ3v) is 6.88. The average Bonchev–Trinajstić information content (AvgIpc) is 3.24. The van der Waals surface area contributed by atoms with Crippen molar-refractivity contribution in [3.63, 3.8) is 0 Å². The number of hydrogen-bond acceptors (Lipinski definition) is 2. The highest BCUT2D eigenvalue weighted by molar-refractivity contribution is 5.91. The van der Waals surface area contributed by atoms with Crippen molar-refractivity contribution < 1.29 is 18.0 Å². The lowest BCUT2D eigenvalue weighted by Gasteiger charge is -2.29. The monoisotopic (exact) mass is 476 g/mol. The fourth-order valence-electron chi connectivity index (χ4n) is 5.02. The molecule has 0 atom stereocenters. The number of halogens is 3. The zero-order chi connectivity index (χ0) is 24.4. The maximum Gasteiger partial charge on any atom is 0.416 e. The Hall–Kier alpha value is -3.38. The molecule has 5 rings (SSSR count). The molecule has 0 saturated carbocycles. The van der Waals surface area contributed by atoms with Crippen LogP contribution in [0.4, 0.5) is 13.2 Å². The Morgan fingerprint density at radius 3 is 2.51 bits per heavy atom. The largest absolute Gasteiger partial charge is 0.416 e. The summed E-state index contributed by atoms with van der Waals surface area (Å²) < 4.78 is 41.1. The van der Waals surface area contributed by atoms with E-state index in [4.69, 9.17) is 0 Å². The van der Waals surface area contributed by atoms with Crippen LogP contribution in [0.3, 0.4) is 0 Å². The first-order valence-corrected chi connectivity index (χ1v) is 12.0. The van der Waals surface area contributed by atoms with Crippen molar-refractivity contribution in [2.24, 2.45) is 0 Å². The number of carbonyl (C=O) groups excluding carboxylic acids is 1. The average molecular weight is 477 g/mol. The molecule has 2 heterocycles. The van der Waals surface area contributed by atoms with E-state index >= 15 is 0 Å². The molecule has 0 unspecified atom stereocenters. The number of para-hydroxylation sites is 1. The van der Waals surface area contributed by atoms with E-state index in [0.717, 1.165) is 66.4 Å². The Bertz CT molecular complexity index is 1340. The van der Waals surface area contributed by atoms with Crippen molar-refractivity contribution in [2.75, 3.05) is 13.1 Å². The molecule has 0 saturated heterocycles. The summed E-state index contributed by atoms with van der Waals surface area (Å²) in [7, 11) is 0. The number of rotatable bonds is 7. The highest BCUT2D eigenvalue weighted by atomic mass is 19.4. The maximum absolute atomic E-state index is 13.0. The van der Waals surface area contributed by atoms with E-state index in [1.807, 2.05) is 36.4 Å². The third kappa shape index (κ3) is 5.03. The van der Waals surface area contributed by atoms with Gasteiger partial charge in [-0.1, -0.05) is 24.3 Å². The SMILES string of the molecule is O=Cc1ccc2c(c1)c(CCCCN1CCc3cc(C(F)(F)F)ccc3C1)cn2-c1ccccc1. The number of aryl methyl sites for hydroxylation is 1. The molecule has 0 amide bonds. The summed E-state index contributed by atoms with van der Waals surface area (Å²) >= 11 is 0. The lowest BCUT2D eigenvalue weighted by Crippen LogP contribution is -2.31. The van der Waals surface area contributed by atoms with Gasteiger partial charge in [0.25, 0.3) is 0 Å². The van der Waals surface area contributed by atoms with E-state index < -0.39 is 11.7 Å². The van der Waals surface area contributed by atoms with Gasteiger partial charge in [0.05, 0.1) is 11.1 Å². The molecular weight excluding hydrogens is 449 g/mol. The Labute approximate surface area is 202 Å². The molecule has 4 aromatic rings. The molecule has 0 aliphatic carbocycles. The summed E-state index contributed by atoms with van der Waals surface area (Å²) in [5.41, 5.74) is 5.32. The zero-order valence-electron chi connectivity index (χ0n) is 19.4. The van der Waals surface area contributed by atoms with E-state index in [0.29, 0.717) is 18.5 Å². The standard InChI is InChI=1S/C29H27F3N2O/c30-29(31,32)25-11-10-23-18-33(15-13-22(23)17-25)14-5-4-6-24-19-34(26-7-2-1-3-8-26)28-12-9-21(20-35)16-27(24)28/h1-3,7-12,16-17,19-20H,4-6,13-15,18H2. The molecule has 3 nitrogen and oxygen atoms in total. The molecule has 1 aliphatic heterocycles. The fourth-order valence-corrected chi connectivity index (χ4v) is 5.02. The van der Waals surface area contributed by atoms with Crippen LogP contribution in [0.2, 0.25) is 0 Å². The molecule has 1 aromatic heterocycles. The molecule has 3 aromatic carbocycles. The highest BCUT2D eigenvalue weighted by Crippen LogP contribution is 2.32. The molecule has 0 bridgehead atoms. The lowest BCUT2D eigenvalue weighted by molar-refractivity contribution is -0.137. The van der Waals surface area contributed by atoms with Gasteiger partial charge in [-0.3, -0.25) is 9.69 Å². The molecule has 180 valence electrons. The molecular formula is C29H27F3N2O. The van der Waals surface area contributed by atoms with Crippen molar-refractivity contribution >= 4 is 17.2 Å². The van der Waals surface area contributed by atoms with Gasteiger partial charge in [0.1, 0.15) is 6.29 Å². The van der Waals surface area contributed by atoms with E-state index in [2.05, 4.69) is 27.8 Å². The van der Waals surface area contributed by atoms with Gasteiger partial charge in [-0.05, 0) is 91.4 Å². The molecule has 1 aliphatic rings. The van der Waals surface area contributed by atoms with Crippen molar-refractivity contribution in [3.05, 3.63) is 101 Å². The second-order valence-corrected chi connectivity index (χ2v) is 9.22. The van der Waals surface area contributed by atoms with Gasteiger partial charge in [-0.25, -0.2) is 0 Å². The van der Waals surface area contributed by atoms with Gasteiger partial charge < -0.3 is 4.57 Å². The minimum absolute atomic E-state index is 0.558. The van der Waals surface area contributed by atoms with Gasteiger partial charge in [0.2, 0.25) is 0 Å². The second-order valence-electron chi connectivity index (χ2n) is 9.22. The molecule has 0 fully saturated rings. The number of unbranched alkanes of at least 4 members (excludes halogenated alkanes) is 1. The van der Waals surface area contributed by atoms with Crippen LogP contribution in [-0.4, -0.2) is 28.8 Å². The summed E-state index contributed by atoms with van der Waals surface area (Å²) in [4.78, 5) is 13.7. The number of benzene rings is 3. The number of carbonyl (C=O) groups is 1. The number of hydrogen-bond donors (Lipinski definition) is 0. The smallest absolute Gasteiger partial charge is 0.316 e. The van der Waals surface area contributed by atoms with Gasteiger partial charge in [-0.2, -0.15) is 13.2 Å². The van der Waals surface area contributed by atoms with Crippen molar-refractivity contribution in [3.8, 4) is 5.69 Å². The van der Waals surface area contributed by atoms with E-state index in [1.165, 1.54) is 17.7 Å². The minimum Gasteiger partial charge on any atom is -0.316 e. The summed E-state index contributed by atoms with van der Waals surface area (Å²) in [6.07, 6.45) is 2.31. The van der Waals surface area contributed by atoms with Crippen molar-refractivity contribution in [2.45, 2.75) is 38.4 Å². The Morgan fingerprint density at radius 2 is 1.74 bits per heavy atom. The predicted octanol–water partition coefficient (Wildman–Crippen LogP) is 6.84. The lowest BCUT2D eigenvalue weighted by atomic mass is 9.97. The fraction of sp³-hybridized carbons (Fsp3) is 0.276. The quantitative estimate of drug-likeness (QED) is 0.215. The summed E-state index contributed by atoms with van der Waals surface area (Å²) in [5.74, 6) is 0. The number of aromatic nitrogens is 1. The van der Waals surface area contributed by atoms with Crippen molar-refractivity contribution in [1.82, 2.24) is 9.47 Å². The molecule has 0 N–H and O–H groups in total. The number of alkyl halides is 3. The Kier molecular flexibility index (Phi) is 6.48. The van der Waals surface area contributed by atoms with Crippen LogP contribution in [0.15, 0.2) is 72.9 Å². The minimum atomic E-state index is -4.29. The van der Waals surface area contributed by atoms with Crippen LogP contribution in [-0.2, 0) is 25.6 Å². The molecule has 6 heteroatoms. The van der Waals surface area contributed by atoms with Crippen LogP contribution < -0.4 is 0 Å². The first kappa shape index (κ1) is 23.4. The summed E-state index contributed by atoms with van der Waals surface area (Å²) in [6, 6.07) is 20.1. The molecule has 0 spiro atoms. The van der Waals surface area contributed by atoms with E-state index in [-0.39, 0.29) is 0 Å². The number of nitrogens with zero attached hydrogens (tertiary/aromatic N) is 2. The maximum atomic E-state index is 13.0. The Balaban J connectivity index is 1.24. The second kappa shape index (κ2) is 9.70. The van der Waals surface area contributed by atoms with Crippen LogP contribution >= 0.6 is 0 Å². The molecule has 35 heavy (non-hydrogen) atoms. The normalized spacial score (nSPS) is 14.3. The summed E-state index contributed by atoms with van der Waals surface area (Å²) in [6.45, 7) is 2.39. The van der Waals surface area contributed by atoms with Gasteiger partial charge in [-0.15, -0.1) is 0 Å². The van der Waals surface area contributed by atoms with Gasteiger partial charge >= 0.3 is 6.18 Å². The first-order chi connectivity index (χ1) is 16.9. The number of fused-ring (bicyclic) bond motifs is 2. The third-order valence-electron chi connectivity index (χ3n) is 6.88. The van der Waals surface area contributed by atoms with Gasteiger partial charge in [0.15, 0.2) is 0 Å². The summed E-state index contributed by atoms with van der Waals surface area (Å²) in [5, 5.41) is 1.10. The Morgan fingerprint density at radius 1 is 0.914 bits per heavy atom. The van der Waals surface area contributed by atoms with Gasteiger partial charge in [0, 0.05) is 35.9 Å². The van der Waals surface area contributed by atoms with Crippen LogP contribution in [0.25, 0.3) is 16.6 Å². The zero-order valence-corrected chi connectivity index (χ0v) is 19.4.